The molecule has 0 saturated carbocycles. The summed E-state index contributed by atoms with van der Waals surface area (Å²) in [7, 11) is 0. The first kappa shape index (κ1) is 13.1. The predicted octanol–water partition coefficient (Wildman–Crippen LogP) is 1.88. The summed E-state index contributed by atoms with van der Waals surface area (Å²) in [6.45, 7) is 4.87. The van der Waals surface area contributed by atoms with Crippen molar-refractivity contribution >= 4 is 5.91 Å². The molecule has 1 unspecified atom stereocenters. The number of amides is 1. The highest BCUT2D eigenvalue weighted by molar-refractivity contribution is 5.93. The van der Waals surface area contributed by atoms with Crippen molar-refractivity contribution in [2.45, 2.75) is 38.3 Å². The van der Waals surface area contributed by atoms with Gasteiger partial charge < -0.3 is 4.74 Å². The Kier molecular flexibility index (Phi) is 3.99. The molecular formula is C14H20N2O2. The van der Waals surface area contributed by atoms with Gasteiger partial charge in [0.1, 0.15) is 0 Å². The quantitative estimate of drug-likeness (QED) is 0.803. The van der Waals surface area contributed by atoms with Gasteiger partial charge in [-0.15, -0.1) is 0 Å². The third-order valence-corrected chi connectivity index (χ3v) is 3.12. The zero-order chi connectivity index (χ0) is 13.0. The van der Waals surface area contributed by atoms with E-state index >= 15 is 0 Å². The van der Waals surface area contributed by atoms with E-state index in [9.17, 15) is 4.79 Å². The topological polar surface area (TPSA) is 50.4 Å². The lowest BCUT2D eigenvalue weighted by atomic mass is 9.94. The summed E-state index contributed by atoms with van der Waals surface area (Å²) >= 11 is 0. The van der Waals surface area contributed by atoms with E-state index < -0.39 is 0 Å². The van der Waals surface area contributed by atoms with Gasteiger partial charge in [0, 0.05) is 18.2 Å². The molecule has 98 valence electrons. The molecule has 0 spiro atoms. The second-order valence-corrected chi connectivity index (χ2v) is 5.26. The van der Waals surface area contributed by atoms with Gasteiger partial charge in [0.2, 0.25) is 0 Å². The Morgan fingerprint density at radius 2 is 2.06 bits per heavy atom. The van der Waals surface area contributed by atoms with Crippen LogP contribution in [-0.4, -0.2) is 24.2 Å². The fourth-order valence-electron chi connectivity index (χ4n) is 2.18. The third-order valence-electron chi connectivity index (χ3n) is 3.12. The maximum Gasteiger partial charge on any atom is 0.265 e. The van der Waals surface area contributed by atoms with E-state index in [1.165, 1.54) is 0 Å². The van der Waals surface area contributed by atoms with Crippen molar-refractivity contribution < 1.29 is 9.53 Å². The van der Waals surface area contributed by atoms with Crippen LogP contribution in [0.15, 0.2) is 30.3 Å². The van der Waals surface area contributed by atoms with Crippen molar-refractivity contribution in [3.8, 4) is 0 Å². The molecule has 1 aromatic carbocycles. The molecule has 2 N–H and O–H groups in total. The maximum absolute atomic E-state index is 11.8. The average molecular weight is 248 g/mol. The number of carbonyl (C=O) groups is 1. The normalized spacial score (nSPS) is 22.4. The standard InChI is InChI=1S/C14H20N2O2/c1-14(2)10-12(8-9-18-14)15-16-13(17)11-6-4-3-5-7-11/h3-7,12,15H,8-10H2,1-2H3,(H,16,17). The van der Waals surface area contributed by atoms with E-state index in [1.54, 1.807) is 12.1 Å². The lowest BCUT2D eigenvalue weighted by Gasteiger charge is -2.35. The fourth-order valence-corrected chi connectivity index (χ4v) is 2.18. The van der Waals surface area contributed by atoms with Gasteiger partial charge >= 0.3 is 0 Å². The first-order chi connectivity index (χ1) is 8.57. The van der Waals surface area contributed by atoms with Crippen LogP contribution in [0.1, 0.15) is 37.0 Å². The van der Waals surface area contributed by atoms with Crippen molar-refractivity contribution in [1.29, 1.82) is 0 Å². The molecule has 0 aromatic heterocycles. The van der Waals surface area contributed by atoms with Crippen molar-refractivity contribution in [3.05, 3.63) is 35.9 Å². The Labute approximate surface area is 108 Å². The van der Waals surface area contributed by atoms with Crippen LogP contribution in [0, 0.1) is 0 Å². The largest absolute Gasteiger partial charge is 0.375 e. The molecule has 4 nitrogen and oxygen atoms in total. The Hall–Kier alpha value is -1.39. The third kappa shape index (κ3) is 3.55. The lowest BCUT2D eigenvalue weighted by Crippen LogP contribution is -2.50. The minimum atomic E-state index is -0.118. The molecule has 18 heavy (non-hydrogen) atoms. The number of nitrogens with one attached hydrogen (secondary N) is 2. The number of hydrazine groups is 1. The minimum Gasteiger partial charge on any atom is -0.375 e. The van der Waals surface area contributed by atoms with Crippen molar-refractivity contribution in [1.82, 2.24) is 10.9 Å². The highest BCUT2D eigenvalue weighted by Gasteiger charge is 2.28. The van der Waals surface area contributed by atoms with Crippen LogP contribution in [-0.2, 0) is 4.74 Å². The van der Waals surface area contributed by atoms with Gasteiger partial charge in [-0.2, -0.15) is 0 Å². The monoisotopic (exact) mass is 248 g/mol. The molecule has 1 heterocycles. The number of hydrogen-bond donors (Lipinski definition) is 2. The Balaban J connectivity index is 1.83. The molecule has 1 aliphatic rings. The summed E-state index contributed by atoms with van der Waals surface area (Å²) in [5.74, 6) is -0.0973. The SMILES string of the molecule is CC1(C)CC(NNC(=O)c2ccccc2)CCO1. The summed E-state index contributed by atoms with van der Waals surface area (Å²) in [5.41, 5.74) is 6.40. The van der Waals surface area contributed by atoms with E-state index in [1.807, 2.05) is 18.2 Å². The molecular weight excluding hydrogens is 228 g/mol. The van der Waals surface area contributed by atoms with Gasteiger partial charge in [-0.25, -0.2) is 5.43 Å². The molecule has 4 heteroatoms. The molecule has 1 aromatic rings. The van der Waals surface area contributed by atoms with Crippen LogP contribution in [0.25, 0.3) is 0 Å². The predicted molar refractivity (Wildman–Crippen MR) is 70.1 cm³/mol. The van der Waals surface area contributed by atoms with Gasteiger partial charge in [0.25, 0.3) is 5.91 Å². The number of carbonyl (C=O) groups excluding carboxylic acids is 1. The Morgan fingerprint density at radius 3 is 2.72 bits per heavy atom. The smallest absolute Gasteiger partial charge is 0.265 e. The van der Waals surface area contributed by atoms with Crippen molar-refractivity contribution in [2.24, 2.45) is 0 Å². The van der Waals surface area contributed by atoms with Crippen LogP contribution in [0.4, 0.5) is 0 Å². The van der Waals surface area contributed by atoms with E-state index in [0.717, 1.165) is 19.4 Å². The first-order valence-corrected chi connectivity index (χ1v) is 6.32. The molecule has 1 fully saturated rings. The molecule has 0 bridgehead atoms. The van der Waals surface area contributed by atoms with E-state index in [2.05, 4.69) is 24.7 Å². The highest BCUT2D eigenvalue weighted by Crippen LogP contribution is 2.23. The Bertz CT molecular complexity index is 404. The fraction of sp³-hybridized carbons (Fsp3) is 0.500. The average Bonchev–Trinajstić information content (AvgIpc) is 2.36. The zero-order valence-electron chi connectivity index (χ0n) is 10.9. The van der Waals surface area contributed by atoms with Crippen LogP contribution in [0.2, 0.25) is 0 Å². The molecule has 1 saturated heterocycles. The first-order valence-electron chi connectivity index (χ1n) is 6.32. The second-order valence-electron chi connectivity index (χ2n) is 5.26. The van der Waals surface area contributed by atoms with Gasteiger partial charge in [-0.3, -0.25) is 10.2 Å². The van der Waals surface area contributed by atoms with E-state index in [-0.39, 0.29) is 17.6 Å². The van der Waals surface area contributed by atoms with Crippen molar-refractivity contribution in [2.75, 3.05) is 6.61 Å². The molecule has 1 atom stereocenters. The van der Waals surface area contributed by atoms with Crippen LogP contribution in [0.3, 0.4) is 0 Å². The number of benzene rings is 1. The summed E-state index contributed by atoms with van der Waals surface area (Å²) in [6, 6.07) is 9.46. The van der Waals surface area contributed by atoms with Gasteiger partial charge in [0.15, 0.2) is 0 Å². The summed E-state index contributed by atoms with van der Waals surface area (Å²) < 4.78 is 5.63. The summed E-state index contributed by atoms with van der Waals surface area (Å²) in [4.78, 5) is 11.8. The van der Waals surface area contributed by atoms with E-state index in [4.69, 9.17) is 4.74 Å². The Morgan fingerprint density at radius 1 is 1.33 bits per heavy atom. The lowest BCUT2D eigenvalue weighted by molar-refractivity contribution is -0.0642. The molecule has 1 amide bonds. The van der Waals surface area contributed by atoms with Crippen LogP contribution in [0.5, 0.6) is 0 Å². The molecule has 0 aliphatic carbocycles. The number of hydrogen-bond acceptors (Lipinski definition) is 3. The van der Waals surface area contributed by atoms with Gasteiger partial charge in [-0.05, 0) is 38.8 Å². The van der Waals surface area contributed by atoms with Crippen LogP contribution >= 0.6 is 0 Å². The van der Waals surface area contributed by atoms with Gasteiger partial charge in [0.05, 0.1) is 5.60 Å². The highest BCUT2D eigenvalue weighted by atomic mass is 16.5. The number of rotatable bonds is 3. The van der Waals surface area contributed by atoms with E-state index in [0.29, 0.717) is 5.56 Å². The zero-order valence-corrected chi connectivity index (χ0v) is 10.9. The van der Waals surface area contributed by atoms with Crippen molar-refractivity contribution in [3.63, 3.8) is 0 Å². The summed E-state index contributed by atoms with van der Waals surface area (Å²) in [5, 5.41) is 0. The van der Waals surface area contributed by atoms with Crippen LogP contribution < -0.4 is 10.9 Å². The number of ether oxygens (including phenoxy) is 1. The van der Waals surface area contributed by atoms with Gasteiger partial charge in [-0.1, -0.05) is 18.2 Å². The molecule has 0 radical (unpaired) electrons. The maximum atomic E-state index is 11.8. The summed E-state index contributed by atoms with van der Waals surface area (Å²) in [6.07, 6.45) is 1.81. The molecule has 1 aliphatic heterocycles. The minimum absolute atomic E-state index is 0.0973. The second kappa shape index (κ2) is 5.50. The molecule has 2 rings (SSSR count).